The summed E-state index contributed by atoms with van der Waals surface area (Å²) >= 11 is 0. The summed E-state index contributed by atoms with van der Waals surface area (Å²) in [5.74, 6) is -3.37. The fourth-order valence-corrected chi connectivity index (χ4v) is 8.33. The first-order chi connectivity index (χ1) is 36.8. The van der Waals surface area contributed by atoms with Gasteiger partial charge in [-0.15, -0.1) is 0 Å². The van der Waals surface area contributed by atoms with Crippen LogP contribution in [0.4, 0.5) is 0 Å². The number of ether oxygens (including phenoxy) is 9. The Hall–Kier alpha value is -7.21. The van der Waals surface area contributed by atoms with Gasteiger partial charge in [0.2, 0.25) is 18.3 Å². The molecule has 3 aliphatic heterocycles. The molecule has 0 bridgehead atoms. The number of esters is 2. The summed E-state index contributed by atoms with van der Waals surface area (Å²) in [7, 11) is 1.33. The third kappa shape index (κ3) is 13.0. The average molecular weight is 1080 g/mol. The minimum absolute atomic E-state index is 0.0165. The minimum atomic E-state index is -2.11. The number of hydrogen-bond donors (Lipinski definition) is 13. The lowest BCUT2D eigenvalue weighted by Gasteiger charge is -2.45. The van der Waals surface area contributed by atoms with Crippen molar-refractivity contribution >= 4 is 35.1 Å². The first kappa shape index (κ1) is 56.0. The Labute approximate surface area is 435 Å². The van der Waals surface area contributed by atoms with Crippen LogP contribution in [-0.4, -0.2) is 197 Å². The molecule has 0 amide bonds. The molecule has 4 heterocycles. The van der Waals surface area contributed by atoms with Crippen LogP contribution < -0.4 is 14.2 Å². The van der Waals surface area contributed by atoms with Crippen LogP contribution in [0.1, 0.15) is 11.1 Å². The third-order valence-corrected chi connectivity index (χ3v) is 12.6. The van der Waals surface area contributed by atoms with E-state index in [0.717, 1.165) is 24.3 Å². The maximum Gasteiger partial charge on any atom is 0.402 e. The molecule has 0 unspecified atom stereocenters. The number of hydrogen-bond acceptors (Lipinski definition) is 24. The van der Waals surface area contributed by atoms with Gasteiger partial charge in [-0.2, -0.15) is 0 Å². The number of aliphatic hydroxyl groups is 9. The van der Waals surface area contributed by atoms with Gasteiger partial charge in [0.15, 0.2) is 23.9 Å². The molecule has 8 rings (SSSR count). The predicted molar refractivity (Wildman–Crippen MR) is 259 cm³/mol. The van der Waals surface area contributed by atoms with E-state index in [2.05, 4.69) is 0 Å². The number of aliphatic hydroxyl groups excluding tert-OH is 9. The zero-order valence-electron chi connectivity index (χ0n) is 40.4. The molecule has 77 heavy (non-hydrogen) atoms. The SMILES string of the molecule is COc1cc(/C=C/C(=O)OC[C@H]2O[C@@H](O[C@@H]3[C@H](Oc4cc5c(O[C@@H]6O[C@H](CO)[C@@H](O)[C@H](O)[C@@H]6O)cc(O)cc5[o+]c4-c4ccc(O)cc4)O[C@H](COC(=O)/C=C/c4ccc(O)cc4)[C@@H](O)[C@@H]3O)[C@H](O)[C@@H](O)[C@@H]2O)ccc1O. The summed E-state index contributed by atoms with van der Waals surface area (Å²) < 4.78 is 57.9. The molecule has 1 aromatic heterocycles. The van der Waals surface area contributed by atoms with Crippen LogP contribution in [0.15, 0.2) is 101 Å². The molecule has 3 fully saturated rings. The molecule has 25 heteroatoms. The highest BCUT2D eigenvalue weighted by Crippen LogP contribution is 2.43. The summed E-state index contributed by atoms with van der Waals surface area (Å²) in [6, 6.07) is 18.9. The fourth-order valence-electron chi connectivity index (χ4n) is 8.33. The van der Waals surface area contributed by atoms with E-state index in [-0.39, 0.29) is 56.8 Å². The number of fused-ring (bicyclic) bond motifs is 1. The topological polar surface area (TPSA) is 392 Å². The van der Waals surface area contributed by atoms with Crippen molar-refractivity contribution in [2.75, 3.05) is 26.9 Å². The molecule has 5 aromatic rings. The molecule has 0 saturated carbocycles. The van der Waals surface area contributed by atoms with Gasteiger partial charge in [0, 0.05) is 24.3 Å². The maximum atomic E-state index is 12.9. The van der Waals surface area contributed by atoms with Gasteiger partial charge in [-0.05, 0) is 71.8 Å². The van der Waals surface area contributed by atoms with Crippen LogP contribution in [0.5, 0.6) is 40.2 Å². The molecule has 25 nitrogen and oxygen atoms in total. The lowest BCUT2D eigenvalue weighted by atomic mass is 9.97. The van der Waals surface area contributed by atoms with E-state index in [4.69, 9.17) is 47.0 Å². The van der Waals surface area contributed by atoms with Crippen molar-refractivity contribution in [2.24, 2.45) is 0 Å². The lowest BCUT2D eigenvalue weighted by Crippen LogP contribution is -2.65. The van der Waals surface area contributed by atoms with E-state index in [9.17, 15) is 76.0 Å². The van der Waals surface area contributed by atoms with Gasteiger partial charge in [-0.1, -0.05) is 18.2 Å². The molecule has 3 aliphatic rings. The number of carbonyl (C=O) groups excluding carboxylic acids is 2. The summed E-state index contributed by atoms with van der Waals surface area (Å²) in [5, 5.41) is 139. The lowest BCUT2D eigenvalue weighted by molar-refractivity contribution is -0.358. The number of aromatic hydroxyl groups is 4. The quantitative estimate of drug-likeness (QED) is 0.0329. The molecular formula is C52H55O25+. The van der Waals surface area contributed by atoms with E-state index >= 15 is 0 Å². The Balaban J connectivity index is 1.11. The number of carbonyl (C=O) groups is 2. The molecule has 13 N–H and O–H groups in total. The maximum absolute atomic E-state index is 12.9. The van der Waals surface area contributed by atoms with Gasteiger partial charge < -0.3 is 109 Å². The van der Waals surface area contributed by atoms with Gasteiger partial charge >= 0.3 is 23.3 Å². The van der Waals surface area contributed by atoms with E-state index in [0.29, 0.717) is 11.1 Å². The molecular weight excluding hydrogens is 1020 g/mol. The third-order valence-electron chi connectivity index (χ3n) is 12.6. The Morgan fingerprint density at radius 1 is 0.545 bits per heavy atom. The summed E-state index contributed by atoms with van der Waals surface area (Å²) in [5.41, 5.74) is 1.000. The van der Waals surface area contributed by atoms with Gasteiger partial charge in [0.25, 0.3) is 0 Å². The minimum Gasteiger partial charge on any atom is -0.508 e. The molecule has 4 aromatic carbocycles. The molecule has 0 aliphatic carbocycles. The Bertz CT molecular complexity index is 2890. The van der Waals surface area contributed by atoms with Crippen LogP contribution in [-0.2, 0) is 38.0 Å². The van der Waals surface area contributed by atoms with Crippen molar-refractivity contribution < 1.29 is 123 Å². The van der Waals surface area contributed by atoms with Crippen molar-refractivity contribution in [3.05, 3.63) is 108 Å². The number of methoxy groups -OCH3 is 1. The average Bonchev–Trinajstić information content (AvgIpc) is 3.46. The highest BCUT2D eigenvalue weighted by atomic mass is 16.8. The zero-order chi connectivity index (χ0) is 55.2. The first-order valence-corrected chi connectivity index (χ1v) is 23.6. The van der Waals surface area contributed by atoms with E-state index in [1.54, 1.807) is 0 Å². The van der Waals surface area contributed by atoms with Crippen LogP contribution in [0.25, 0.3) is 34.4 Å². The van der Waals surface area contributed by atoms with Gasteiger partial charge in [-0.25, -0.2) is 14.0 Å². The highest BCUT2D eigenvalue weighted by Gasteiger charge is 2.53. The highest BCUT2D eigenvalue weighted by molar-refractivity contribution is 5.89. The van der Waals surface area contributed by atoms with Gasteiger partial charge in [0.1, 0.15) is 109 Å². The second-order valence-corrected chi connectivity index (χ2v) is 17.9. The number of phenolic OH excluding ortho intramolecular Hbond substituents is 4. The van der Waals surface area contributed by atoms with Crippen molar-refractivity contribution in [3.8, 4) is 51.6 Å². The zero-order valence-corrected chi connectivity index (χ0v) is 40.4. The summed E-state index contributed by atoms with van der Waals surface area (Å²) in [4.78, 5) is 25.7. The van der Waals surface area contributed by atoms with Crippen LogP contribution in [0, 0.1) is 0 Å². The molecule has 0 radical (unpaired) electrons. The van der Waals surface area contributed by atoms with Crippen molar-refractivity contribution in [2.45, 2.75) is 92.1 Å². The Morgan fingerprint density at radius 2 is 1.08 bits per heavy atom. The number of benzene rings is 4. The van der Waals surface area contributed by atoms with E-state index in [1.165, 1.54) is 92.1 Å². The summed E-state index contributed by atoms with van der Waals surface area (Å²) in [6.45, 7) is -2.29. The largest absolute Gasteiger partial charge is 0.508 e. The van der Waals surface area contributed by atoms with Crippen LogP contribution in [0.3, 0.4) is 0 Å². The molecule has 0 spiro atoms. The Morgan fingerprint density at radius 3 is 1.70 bits per heavy atom. The van der Waals surface area contributed by atoms with Gasteiger partial charge in [-0.3, -0.25) is 0 Å². The van der Waals surface area contributed by atoms with Gasteiger partial charge in [0.05, 0.1) is 25.3 Å². The standard InChI is InChI=1S/C52H54O25/c1-68-33-16-24(4-13-30(33)57)6-15-39(59)69-21-36-41(61)44(64)47(67)51(75-36)77-49-45(65)42(62)37(22-70-38(58)14-5-23-2-9-26(54)10-3-23)76-52(49)73-34-19-29-31(71-48(34)25-7-11-27(55)12-8-25)17-28(56)18-32(29)72-50-46(66)43(63)40(60)35(20-53)74-50/h2-19,35-37,40-47,49-53,60-67H,20-22H2,1H3,(H3-,54,55,56,57,58,59)/p+1/t35-,36-,37-,40-,41-,42-,43+,44+,45+,46+,47-,49+,50-,51+,52-/m1/s1. The Kier molecular flexibility index (Phi) is 17.8. The molecule has 15 atom stereocenters. The number of rotatable bonds is 17. The van der Waals surface area contributed by atoms with E-state index < -0.39 is 130 Å². The summed E-state index contributed by atoms with van der Waals surface area (Å²) in [6.07, 6.45) is -23.3. The molecule has 3 saturated heterocycles. The second kappa shape index (κ2) is 24.4. The molecule has 412 valence electrons. The van der Waals surface area contributed by atoms with Crippen molar-refractivity contribution in [1.82, 2.24) is 0 Å². The van der Waals surface area contributed by atoms with Crippen molar-refractivity contribution in [3.63, 3.8) is 0 Å². The predicted octanol–water partition coefficient (Wildman–Crippen LogP) is -0.0779. The van der Waals surface area contributed by atoms with Crippen molar-refractivity contribution in [1.29, 1.82) is 0 Å². The first-order valence-electron chi connectivity index (χ1n) is 23.6. The van der Waals surface area contributed by atoms with Crippen LogP contribution >= 0.6 is 0 Å². The van der Waals surface area contributed by atoms with Crippen LogP contribution in [0.2, 0.25) is 0 Å². The van der Waals surface area contributed by atoms with E-state index in [1.807, 2.05) is 0 Å². The smallest absolute Gasteiger partial charge is 0.402 e. The fraction of sp³-hybridized carbons (Fsp3) is 0.365. The monoisotopic (exact) mass is 1080 g/mol. The number of phenols is 4. The normalized spacial score (nSPS) is 29.6. The second-order valence-electron chi connectivity index (χ2n) is 17.9.